The number of aliphatic hydroxyl groups excluding tert-OH is 1. The number of thioether (sulfide) groups is 1. The summed E-state index contributed by atoms with van der Waals surface area (Å²) < 4.78 is 12.2. The van der Waals surface area contributed by atoms with Crippen molar-refractivity contribution in [1.29, 1.82) is 0 Å². The number of carbonyl (C=O) groups is 2. The SMILES string of the molecule is CCCCCOc1cccc(C2/C(=C(\O)c3ccc(OCCC)cc3)C(=O)C(=O)N2c2nnc(SCc3ccc(Cl)cc3Cl)s2)c1. The van der Waals surface area contributed by atoms with E-state index in [1.54, 1.807) is 48.5 Å². The fourth-order valence-electron chi connectivity index (χ4n) is 4.88. The summed E-state index contributed by atoms with van der Waals surface area (Å²) in [6, 6.07) is 18.3. The van der Waals surface area contributed by atoms with Gasteiger partial charge in [0, 0.05) is 21.4 Å². The maximum atomic E-state index is 13.7. The fraction of sp³-hybridized carbons (Fsp3) is 0.294. The first-order chi connectivity index (χ1) is 22.3. The lowest BCUT2D eigenvalue weighted by molar-refractivity contribution is -0.132. The highest BCUT2D eigenvalue weighted by Crippen LogP contribution is 2.45. The Kier molecular flexibility index (Phi) is 11.6. The Morgan fingerprint density at radius 3 is 2.46 bits per heavy atom. The molecule has 46 heavy (non-hydrogen) atoms. The zero-order valence-electron chi connectivity index (χ0n) is 25.4. The molecular formula is C34H33Cl2N3O5S2. The van der Waals surface area contributed by atoms with E-state index in [0.29, 0.717) is 56.0 Å². The third kappa shape index (κ3) is 7.86. The van der Waals surface area contributed by atoms with E-state index in [1.165, 1.54) is 28.0 Å². The number of aliphatic hydroxyl groups is 1. The van der Waals surface area contributed by atoms with Crippen molar-refractivity contribution in [1.82, 2.24) is 10.2 Å². The normalized spacial score (nSPS) is 15.8. The molecule has 0 spiro atoms. The van der Waals surface area contributed by atoms with Gasteiger partial charge in [0.25, 0.3) is 5.78 Å². The Labute approximate surface area is 286 Å². The van der Waals surface area contributed by atoms with Crippen LogP contribution in [0.1, 0.15) is 62.3 Å². The molecule has 1 unspecified atom stereocenters. The lowest BCUT2D eigenvalue weighted by atomic mass is 9.95. The number of nitrogens with zero attached hydrogens (tertiary/aromatic N) is 3. The number of aromatic nitrogens is 2. The molecule has 5 rings (SSSR count). The topological polar surface area (TPSA) is 102 Å². The average molecular weight is 699 g/mol. The second-order valence-corrected chi connectivity index (χ2v) is 13.6. The molecule has 0 saturated carbocycles. The number of rotatable bonds is 14. The Bertz CT molecular complexity index is 1730. The summed E-state index contributed by atoms with van der Waals surface area (Å²) in [6.45, 7) is 5.24. The summed E-state index contributed by atoms with van der Waals surface area (Å²) in [5.41, 5.74) is 1.80. The van der Waals surface area contributed by atoms with Gasteiger partial charge in [-0.05, 0) is 72.5 Å². The molecule has 8 nitrogen and oxygen atoms in total. The van der Waals surface area contributed by atoms with Crippen molar-refractivity contribution in [3.05, 3.63) is 99.0 Å². The minimum atomic E-state index is -0.966. The van der Waals surface area contributed by atoms with Gasteiger partial charge in [-0.25, -0.2) is 0 Å². The first kappa shape index (κ1) is 33.8. The average Bonchev–Trinajstić information content (AvgIpc) is 3.63. The summed E-state index contributed by atoms with van der Waals surface area (Å²) in [5.74, 6) is -0.175. The van der Waals surface area contributed by atoms with Crippen molar-refractivity contribution in [2.75, 3.05) is 18.1 Å². The maximum absolute atomic E-state index is 13.7. The lowest BCUT2D eigenvalue weighted by Gasteiger charge is -2.23. The zero-order chi connectivity index (χ0) is 32.6. The van der Waals surface area contributed by atoms with Gasteiger partial charge < -0.3 is 14.6 Å². The molecule has 1 saturated heterocycles. The van der Waals surface area contributed by atoms with Crippen molar-refractivity contribution >= 4 is 68.9 Å². The Hall–Kier alpha value is -3.57. The fourth-order valence-corrected chi connectivity index (χ4v) is 7.31. The van der Waals surface area contributed by atoms with Gasteiger partial charge in [-0.15, -0.1) is 10.2 Å². The van der Waals surface area contributed by atoms with Gasteiger partial charge in [0.1, 0.15) is 17.3 Å². The maximum Gasteiger partial charge on any atom is 0.301 e. The minimum absolute atomic E-state index is 0.0484. The van der Waals surface area contributed by atoms with Crippen LogP contribution in [0.5, 0.6) is 11.5 Å². The van der Waals surface area contributed by atoms with Gasteiger partial charge in [0.05, 0.1) is 24.8 Å². The molecule has 0 bridgehead atoms. The van der Waals surface area contributed by atoms with Gasteiger partial charge in [0.2, 0.25) is 5.13 Å². The first-order valence-corrected chi connectivity index (χ1v) is 17.5. The molecule has 1 fully saturated rings. The van der Waals surface area contributed by atoms with E-state index in [0.717, 1.165) is 31.2 Å². The van der Waals surface area contributed by atoms with Crippen LogP contribution in [0.2, 0.25) is 10.0 Å². The second kappa shape index (κ2) is 15.8. The molecule has 1 atom stereocenters. The Morgan fingerprint density at radius 2 is 1.72 bits per heavy atom. The van der Waals surface area contributed by atoms with Crippen molar-refractivity contribution in [3.63, 3.8) is 0 Å². The van der Waals surface area contributed by atoms with Gasteiger partial charge >= 0.3 is 5.91 Å². The molecule has 0 aliphatic carbocycles. The smallest absolute Gasteiger partial charge is 0.301 e. The predicted molar refractivity (Wildman–Crippen MR) is 184 cm³/mol. The summed E-state index contributed by atoms with van der Waals surface area (Å²) in [5, 5.41) is 21.5. The van der Waals surface area contributed by atoms with E-state index in [2.05, 4.69) is 17.1 Å². The molecule has 12 heteroatoms. The molecule has 2 heterocycles. The lowest BCUT2D eigenvalue weighted by Crippen LogP contribution is -2.29. The predicted octanol–water partition coefficient (Wildman–Crippen LogP) is 9.12. The van der Waals surface area contributed by atoms with Crippen molar-refractivity contribution in [3.8, 4) is 11.5 Å². The molecule has 1 aromatic heterocycles. The molecule has 4 aromatic rings. The van der Waals surface area contributed by atoms with E-state index in [9.17, 15) is 14.7 Å². The van der Waals surface area contributed by atoms with Gasteiger partial charge in [0.15, 0.2) is 4.34 Å². The van der Waals surface area contributed by atoms with Crippen LogP contribution in [0, 0.1) is 0 Å². The van der Waals surface area contributed by atoms with Crippen molar-refractivity contribution in [2.45, 2.75) is 55.7 Å². The zero-order valence-corrected chi connectivity index (χ0v) is 28.5. The third-order valence-electron chi connectivity index (χ3n) is 7.20. The number of hydrogen-bond donors (Lipinski definition) is 1. The first-order valence-electron chi connectivity index (χ1n) is 15.0. The van der Waals surface area contributed by atoms with E-state index in [4.69, 9.17) is 32.7 Å². The van der Waals surface area contributed by atoms with Crippen LogP contribution in [-0.2, 0) is 15.3 Å². The number of hydrogen-bond acceptors (Lipinski definition) is 9. The van der Waals surface area contributed by atoms with Crippen molar-refractivity contribution in [2.24, 2.45) is 0 Å². The molecular weight excluding hydrogens is 665 g/mol. The number of anilines is 1. The number of benzene rings is 3. The summed E-state index contributed by atoms with van der Waals surface area (Å²) in [6.07, 6.45) is 3.87. The number of unbranched alkanes of at least 4 members (excludes halogenated alkanes) is 2. The number of halogens is 2. The number of ketones is 1. The van der Waals surface area contributed by atoms with E-state index in [-0.39, 0.29) is 16.5 Å². The number of amides is 1. The number of Topliss-reactive ketones (excluding diaryl/α,β-unsaturated/α-hetero) is 1. The highest BCUT2D eigenvalue weighted by Gasteiger charge is 2.48. The van der Waals surface area contributed by atoms with Crippen LogP contribution < -0.4 is 14.4 Å². The van der Waals surface area contributed by atoms with Gasteiger partial charge in [-0.3, -0.25) is 14.5 Å². The monoisotopic (exact) mass is 697 g/mol. The van der Waals surface area contributed by atoms with Crippen molar-refractivity contribution < 1.29 is 24.2 Å². The van der Waals surface area contributed by atoms with Crippen LogP contribution in [0.15, 0.2) is 76.6 Å². The molecule has 1 amide bonds. The largest absolute Gasteiger partial charge is 0.507 e. The quantitative estimate of drug-likeness (QED) is 0.0348. The van der Waals surface area contributed by atoms with Crippen LogP contribution in [0.25, 0.3) is 5.76 Å². The summed E-state index contributed by atoms with van der Waals surface area (Å²) in [4.78, 5) is 28.7. The third-order valence-corrected chi connectivity index (χ3v) is 9.90. The highest BCUT2D eigenvalue weighted by molar-refractivity contribution is 8.00. The number of ether oxygens (including phenoxy) is 2. The Balaban J connectivity index is 1.50. The van der Waals surface area contributed by atoms with E-state index in [1.807, 2.05) is 25.1 Å². The van der Waals surface area contributed by atoms with E-state index < -0.39 is 17.7 Å². The van der Waals surface area contributed by atoms with Crippen LogP contribution >= 0.6 is 46.3 Å². The molecule has 1 N–H and O–H groups in total. The van der Waals surface area contributed by atoms with Crippen LogP contribution in [0.4, 0.5) is 5.13 Å². The Morgan fingerprint density at radius 1 is 0.935 bits per heavy atom. The molecule has 0 radical (unpaired) electrons. The highest BCUT2D eigenvalue weighted by atomic mass is 35.5. The molecule has 1 aliphatic heterocycles. The van der Waals surface area contributed by atoms with Crippen LogP contribution in [-0.4, -0.2) is 40.2 Å². The van der Waals surface area contributed by atoms with Crippen LogP contribution in [0.3, 0.4) is 0 Å². The van der Waals surface area contributed by atoms with Gasteiger partial charge in [-0.2, -0.15) is 0 Å². The number of carbonyl (C=O) groups excluding carboxylic acids is 2. The molecule has 240 valence electrons. The minimum Gasteiger partial charge on any atom is -0.507 e. The second-order valence-electron chi connectivity index (χ2n) is 10.5. The summed E-state index contributed by atoms with van der Waals surface area (Å²) >= 11 is 15.0. The van der Waals surface area contributed by atoms with E-state index >= 15 is 0 Å². The molecule has 1 aliphatic rings. The summed E-state index contributed by atoms with van der Waals surface area (Å²) in [7, 11) is 0. The molecule has 3 aromatic carbocycles. The standard InChI is InChI=1S/C34H33Cl2N3O5S2/c1-3-5-6-17-44-26-9-7-8-22(18-26)29-28(30(40)21-11-14-25(15-12-21)43-16-4-2)31(41)32(42)39(29)33-37-38-34(46-33)45-20-23-10-13-24(35)19-27(23)36/h7-15,18-19,29,40H,3-6,16-17,20H2,1-2H3/b30-28+. The van der Waals surface area contributed by atoms with Gasteiger partial charge in [-0.1, -0.05) is 91.2 Å².